The van der Waals surface area contributed by atoms with Crippen molar-refractivity contribution < 1.29 is 9.90 Å². The first-order valence-electron chi connectivity index (χ1n) is 9.31. The van der Waals surface area contributed by atoms with E-state index < -0.39 is 6.10 Å². The Hall–Kier alpha value is -2.37. The lowest BCUT2D eigenvalue weighted by Gasteiger charge is -2.41. The van der Waals surface area contributed by atoms with Crippen molar-refractivity contribution in [2.75, 3.05) is 25.0 Å². The quantitative estimate of drug-likeness (QED) is 0.889. The van der Waals surface area contributed by atoms with E-state index in [0.717, 1.165) is 37.2 Å². The monoisotopic (exact) mass is 351 g/mol. The third-order valence-corrected chi connectivity index (χ3v) is 5.47. The molecule has 0 spiro atoms. The number of likely N-dealkylation sites (tertiary alicyclic amines) is 1. The number of carbonyl (C=O) groups excluding carboxylic acids is 1. The van der Waals surface area contributed by atoms with Gasteiger partial charge in [-0.1, -0.05) is 48.5 Å². The number of benzene rings is 2. The van der Waals surface area contributed by atoms with Crippen LogP contribution in [0.3, 0.4) is 0 Å². The molecule has 5 nitrogen and oxygen atoms in total. The molecular weight excluding hydrogens is 326 g/mol. The number of aliphatic hydroxyl groups is 1. The highest BCUT2D eigenvalue weighted by molar-refractivity contribution is 5.92. The summed E-state index contributed by atoms with van der Waals surface area (Å²) in [7, 11) is 0. The summed E-state index contributed by atoms with van der Waals surface area (Å²) in [5, 5.41) is 13.4. The van der Waals surface area contributed by atoms with Crippen LogP contribution in [-0.2, 0) is 6.54 Å². The van der Waals surface area contributed by atoms with Crippen molar-refractivity contribution in [3.05, 3.63) is 65.7 Å². The largest absolute Gasteiger partial charge is 0.387 e. The molecular formula is C21H25N3O2. The maximum atomic E-state index is 12.5. The van der Waals surface area contributed by atoms with Crippen LogP contribution in [0.2, 0.25) is 0 Å². The van der Waals surface area contributed by atoms with Gasteiger partial charge in [-0.25, -0.2) is 4.79 Å². The van der Waals surface area contributed by atoms with Crippen LogP contribution >= 0.6 is 0 Å². The maximum Gasteiger partial charge on any atom is 0.322 e. The number of hydrogen-bond donors (Lipinski definition) is 2. The van der Waals surface area contributed by atoms with Crippen LogP contribution in [0.4, 0.5) is 10.5 Å². The minimum absolute atomic E-state index is 0.00599. The van der Waals surface area contributed by atoms with Gasteiger partial charge in [0.2, 0.25) is 0 Å². The van der Waals surface area contributed by atoms with Crippen molar-refractivity contribution in [3.8, 4) is 0 Å². The summed E-state index contributed by atoms with van der Waals surface area (Å²) in [5.74, 6) is 0. The predicted octanol–water partition coefficient (Wildman–Crippen LogP) is 3.23. The van der Waals surface area contributed by atoms with Crippen LogP contribution in [0.15, 0.2) is 54.6 Å². The van der Waals surface area contributed by atoms with Gasteiger partial charge in [0.25, 0.3) is 0 Å². The summed E-state index contributed by atoms with van der Waals surface area (Å²) in [6.07, 6.45) is 1.42. The van der Waals surface area contributed by atoms with E-state index in [9.17, 15) is 9.90 Å². The van der Waals surface area contributed by atoms with Gasteiger partial charge in [0, 0.05) is 37.9 Å². The molecule has 2 aromatic rings. The number of anilines is 1. The lowest BCUT2D eigenvalue weighted by Crippen LogP contribution is -2.50. The van der Waals surface area contributed by atoms with E-state index >= 15 is 0 Å². The van der Waals surface area contributed by atoms with Crippen molar-refractivity contribution in [2.24, 2.45) is 0 Å². The topological polar surface area (TPSA) is 55.8 Å². The molecule has 2 aromatic carbocycles. The zero-order valence-electron chi connectivity index (χ0n) is 14.8. The molecule has 0 aromatic heterocycles. The number of carbonyl (C=O) groups is 1. The first kappa shape index (κ1) is 17.1. The highest BCUT2D eigenvalue weighted by Crippen LogP contribution is 2.28. The standard InChI is InChI=1S/C21H25N3O2/c25-20(16-6-2-1-3-7-16)15-23-12-10-18(11-13-23)24-14-17-8-4-5-9-19(17)22-21(24)26/h1-9,18,20,25H,10-15H2,(H,22,26)/t20-/m1/s1. The van der Waals surface area contributed by atoms with Gasteiger partial charge < -0.3 is 20.2 Å². The summed E-state index contributed by atoms with van der Waals surface area (Å²) in [4.78, 5) is 16.7. The van der Waals surface area contributed by atoms with Crippen molar-refractivity contribution in [1.82, 2.24) is 9.80 Å². The van der Waals surface area contributed by atoms with Gasteiger partial charge in [-0.05, 0) is 30.0 Å². The summed E-state index contributed by atoms with van der Waals surface area (Å²) in [6, 6.07) is 18.1. The number of para-hydroxylation sites is 1. The second kappa shape index (κ2) is 7.48. The van der Waals surface area contributed by atoms with E-state index in [2.05, 4.69) is 16.3 Å². The molecule has 4 rings (SSSR count). The molecule has 2 aliphatic heterocycles. The van der Waals surface area contributed by atoms with Crippen LogP contribution in [0.25, 0.3) is 0 Å². The van der Waals surface area contributed by atoms with Gasteiger partial charge in [-0.2, -0.15) is 0 Å². The number of nitrogens with one attached hydrogen (secondary N) is 1. The molecule has 0 saturated carbocycles. The molecule has 26 heavy (non-hydrogen) atoms. The van der Waals surface area contributed by atoms with E-state index in [0.29, 0.717) is 13.1 Å². The van der Waals surface area contributed by atoms with Crippen LogP contribution in [-0.4, -0.2) is 46.6 Å². The highest BCUT2D eigenvalue weighted by atomic mass is 16.3. The average molecular weight is 351 g/mol. The first-order chi connectivity index (χ1) is 12.7. The van der Waals surface area contributed by atoms with Crippen LogP contribution in [0.1, 0.15) is 30.1 Å². The molecule has 1 atom stereocenters. The minimum atomic E-state index is -0.460. The summed E-state index contributed by atoms with van der Waals surface area (Å²) < 4.78 is 0. The number of amides is 2. The fourth-order valence-electron chi connectivity index (χ4n) is 3.96. The summed E-state index contributed by atoms with van der Waals surface area (Å²) >= 11 is 0. The molecule has 2 aliphatic rings. The average Bonchev–Trinajstić information content (AvgIpc) is 2.69. The molecule has 2 heterocycles. The Morgan fingerprint density at radius 1 is 1.04 bits per heavy atom. The Balaban J connectivity index is 1.33. The van der Waals surface area contributed by atoms with E-state index in [1.165, 1.54) is 5.56 Å². The molecule has 1 fully saturated rings. The molecule has 136 valence electrons. The van der Waals surface area contributed by atoms with Gasteiger partial charge in [0.15, 0.2) is 0 Å². The lowest BCUT2D eigenvalue weighted by atomic mass is 10.00. The van der Waals surface area contributed by atoms with Gasteiger partial charge in [0.05, 0.1) is 6.10 Å². The molecule has 0 bridgehead atoms. The first-order valence-corrected chi connectivity index (χ1v) is 9.31. The zero-order chi connectivity index (χ0) is 17.9. The van der Waals surface area contributed by atoms with E-state index in [1.807, 2.05) is 53.4 Å². The van der Waals surface area contributed by atoms with Crippen LogP contribution in [0.5, 0.6) is 0 Å². The molecule has 2 amide bonds. The fraction of sp³-hybridized carbons (Fsp3) is 0.381. The zero-order valence-corrected chi connectivity index (χ0v) is 14.8. The SMILES string of the molecule is O=C1Nc2ccccc2CN1C1CCN(C[C@@H](O)c2ccccc2)CC1. The number of hydrogen-bond acceptors (Lipinski definition) is 3. The molecule has 2 N–H and O–H groups in total. The van der Waals surface area contributed by atoms with Gasteiger partial charge in [-0.3, -0.25) is 0 Å². The second-order valence-corrected chi connectivity index (χ2v) is 7.17. The van der Waals surface area contributed by atoms with Crippen molar-refractivity contribution in [1.29, 1.82) is 0 Å². The molecule has 5 heteroatoms. The highest BCUT2D eigenvalue weighted by Gasteiger charge is 2.31. The van der Waals surface area contributed by atoms with Crippen molar-refractivity contribution in [3.63, 3.8) is 0 Å². The molecule has 0 radical (unpaired) electrons. The van der Waals surface area contributed by atoms with Gasteiger partial charge >= 0.3 is 6.03 Å². The van der Waals surface area contributed by atoms with Crippen molar-refractivity contribution >= 4 is 11.7 Å². The second-order valence-electron chi connectivity index (χ2n) is 7.17. The Labute approximate surface area is 154 Å². The Morgan fingerprint density at radius 2 is 1.73 bits per heavy atom. The minimum Gasteiger partial charge on any atom is -0.387 e. The third-order valence-electron chi connectivity index (χ3n) is 5.47. The third kappa shape index (κ3) is 3.59. The Bertz CT molecular complexity index is 757. The fourth-order valence-corrected chi connectivity index (χ4v) is 3.96. The lowest BCUT2D eigenvalue weighted by molar-refractivity contribution is 0.0747. The van der Waals surface area contributed by atoms with Crippen molar-refractivity contribution in [2.45, 2.75) is 31.5 Å². The summed E-state index contributed by atoms with van der Waals surface area (Å²) in [6.45, 7) is 3.13. The van der Waals surface area contributed by atoms with E-state index in [1.54, 1.807) is 0 Å². The number of urea groups is 1. The molecule has 0 aliphatic carbocycles. The van der Waals surface area contributed by atoms with E-state index in [4.69, 9.17) is 0 Å². The van der Waals surface area contributed by atoms with E-state index in [-0.39, 0.29) is 12.1 Å². The number of fused-ring (bicyclic) bond motifs is 1. The molecule has 0 unspecified atom stereocenters. The number of β-amino-alcohol motifs (C(OH)–C–C–N with tert-alkyl or cyclic N) is 1. The summed E-state index contributed by atoms with van der Waals surface area (Å²) in [5.41, 5.74) is 3.06. The van der Waals surface area contributed by atoms with Crippen LogP contribution < -0.4 is 5.32 Å². The smallest absolute Gasteiger partial charge is 0.322 e. The normalized spacial score (nSPS) is 19.7. The van der Waals surface area contributed by atoms with Gasteiger partial charge in [-0.15, -0.1) is 0 Å². The van der Waals surface area contributed by atoms with Gasteiger partial charge in [0.1, 0.15) is 0 Å². The Morgan fingerprint density at radius 3 is 2.50 bits per heavy atom. The molecule has 1 saturated heterocycles. The number of aliphatic hydroxyl groups excluding tert-OH is 1. The predicted molar refractivity (Wildman–Crippen MR) is 102 cm³/mol. The number of nitrogens with zero attached hydrogens (tertiary/aromatic N) is 2. The number of piperidine rings is 1. The maximum absolute atomic E-state index is 12.5. The number of rotatable bonds is 4. The Kier molecular flexibility index (Phi) is 4.91. The van der Waals surface area contributed by atoms with Crippen LogP contribution in [0, 0.1) is 0 Å².